The second-order valence-corrected chi connectivity index (χ2v) is 9.68. The van der Waals surface area contributed by atoms with E-state index >= 15 is 0 Å². The van der Waals surface area contributed by atoms with Crippen molar-refractivity contribution in [3.05, 3.63) is 85.0 Å². The molecule has 3 aromatic rings. The zero-order valence-electron chi connectivity index (χ0n) is 16.7. The molecule has 0 saturated carbocycles. The Morgan fingerprint density at radius 3 is 2.71 bits per heavy atom. The average Bonchev–Trinajstić information content (AvgIpc) is 3.14. The van der Waals surface area contributed by atoms with Crippen molar-refractivity contribution in [3.63, 3.8) is 0 Å². The number of aromatic nitrogens is 1. The van der Waals surface area contributed by atoms with Gasteiger partial charge in [-0.05, 0) is 48.9 Å². The third kappa shape index (κ3) is 6.80. The number of halogens is 2. The smallest absolute Gasteiger partial charge is 0.355 e. The molecule has 9 heteroatoms. The molecule has 0 aliphatic rings. The summed E-state index contributed by atoms with van der Waals surface area (Å²) in [7, 11) is 0. The predicted molar refractivity (Wildman–Crippen MR) is 130 cm³/mol. The molecule has 0 fully saturated rings. The fraction of sp³-hybridized carbons (Fsp3) is 0.227. The SMILES string of the molecule is CCOC(=O)c1csc(=NC(=O)c2ccc(Br)cc2)n1CCSCc1cccc(Cl)c1. The Morgan fingerprint density at radius 1 is 1.23 bits per heavy atom. The van der Waals surface area contributed by atoms with Crippen LogP contribution in [0.4, 0.5) is 0 Å². The maximum Gasteiger partial charge on any atom is 0.355 e. The molecule has 1 heterocycles. The minimum atomic E-state index is -0.420. The summed E-state index contributed by atoms with van der Waals surface area (Å²) in [6.45, 7) is 2.57. The van der Waals surface area contributed by atoms with Gasteiger partial charge < -0.3 is 9.30 Å². The second-order valence-electron chi connectivity index (χ2n) is 6.38. The molecule has 0 unspecified atom stereocenters. The van der Waals surface area contributed by atoms with Gasteiger partial charge in [0.05, 0.1) is 6.61 Å². The van der Waals surface area contributed by atoms with E-state index in [1.807, 2.05) is 24.3 Å². The first-order chi connectivity index (χ1) is 15.0. The zero-order valence-corrected chi connectivity index (χ0v) is 20.7. The van der Waals surface area contributed by atoms with Crippen LogP contribution in [0.25, 0.3) is 0 Å². The van der Waals surface area contributed by atoms with E-state index in [2.05, 4.69) is 20.9 Å². The van der Waals surface area contributed by atoms with Crippen LogP contribution in [0.3, 0.4) is 0 Å². The van der Waals surface area contributed by atoms with Gasteiger partial charge in [0.15, 0.2) is 4.80 Å². The van der Waals surface area contributed by atoms with Crippen LogP contribution < -0.4 is 4.80 Å². The summed E-state index contributed by atoms with van der Waals surface area (Å²) >= 11 is 12.4. The Balaban J connectivity index is 1.78. The second kappa shape index (κ2) is 11.7. The molecule has 0 radical (unpaired) electrons. The Bertz CT molecular complexity index is 1130. The highest BCUT2D eigenvalue weighted by Crippen LogP contribution is 2.17. The molecule has 0 N–H and O–H groups in total. The normalized spacial score (nSPS) is 11.5. The Labute approximate surface area is 202 Å². The lowest BCUT2D eigenvalue weighted by atomic mass is 10.2. The van der Waals surface area contributed by atoms with Crippen molar-refractivity contribution in [1.29, 1.82) is 0 Å². The molecule has 0 spiro atoms. The van der Waals surface area contributed by atoms with Crippen LogP contribution in [0, 0.1) is 0 Å². The standard InChI is InChI=1S/C22H20BrClN2O3S2/c1-2-29-21(28)19-14-31-22(25-20(27)16-6-8-17(23)9-7-16)26(19)10-11-30-13-15-4-3-5-18(24)12-15/h3-9,12,14H,2,10-11,13H2,1H3. The highest BCUT2D eigenvalue weighted by atomic mass is 79.9. The van der Waals surface area contributed by atoms with Crippen LogP contribution in [0.5, 0.6) is 0 Å². The van der Waals surface area contributed by atoms with Crippen molar-refractivity contribution in [1.82, 2.24) is 4.57 Å². The van der Waals surface area contributed by atoms with Gasteiger partial charge >= 0.3 is 5.97 Å². The molecular weight excluding hydrogens is 520 g/mol. The summed E-state index contributed by atoms with van der Waals surface area (Å²) in [6.07, 6.45) is 0. The van der Waals surface area contributed by atoms with Gasteiger partial charge in [-0.2, -0.15) is 16.8 Å². The van der Waals surface area contributed by atoms with E-state index in [-0.39, 0.29) is 12.5 Å². The van der Waals surface area contributed by atoms with Crippen molar-refractivity contribution in [3.8, 4) is 0 Å². The molecule has 5 nitrogen and oxygen atoms in total. The highest BCUT2D eigenvalue weighted by Gasteiger charge is 2.16. The molecule has 162 valence electrons. The molecule has 0 aliphatic heterocycles. The molecule has 31 heavy (non-hydrogen) atoms. The van der Waals surface area contributed by atoms with Crippen LogP contribution in [-0.4, -0.2) is 28.8 Å². The van der Waals surface area contributed by atoms with Gasteiger partial charge in [0.25, 0.3) is 5.91 Å². The van der Waals surface area contributed by atoms with E-state index in [0.29, 0.717) is 27.6 Å². The summed E-state index contributed by atoms with van der Waals surface area (Å²) in [5.74, 6) is 0.751. The number of ether oxygens (including phenoxy) is 1. The number of amides is 1. The number of hydrogen-bond donors (Lipinski definition) is 0. The third-order valence-electron chi connectivity index (χ3n) is 4.19. The minimum Gasteiger partial charge on any atom is -0.461 e. The number of carbonyl (C=O) groups is 2. The maximum absolute atomic E-state index is 12.6. The monoisotopic (exact) mass is 538 g/mol. The molecule has 1 amide bonds. The van der Waals surface area contributed by atoms with Crippen LogP contribution in [0.1, 0.15) is 33.3 Å². The molecular formula is C22H20BrClN2O3S2. The van der Waals surface area contributed by atoms with Crippen LogP contribution in [0.15, 0.2) is 63.4 Å². The first-order valence-corrected chi connectivity index (χ1v) is 12.7. The first kappa shape index (κ1) is 23.8. The van der Waals surface area contributed by atoms with Gasteiger partial charge in [-0.25, -0.2) is 4.79 Å². The van der Waals surface area contributed by atoms with Crippen LogP contribution in [-0.2, 0) is 17.0 Å². The first-order valence-electron chi connectivity index (χ1n) is 9.50. The maximum atomic E-state index is 12.6. The third-order valence-corrected chi connectivity index (χ3v) is 6.82. The molecule has 0 aliphatic carbocycles. The number of nitrogens with zero attached hydrogens (tertiary/aromatic N) is 2. The quantitative estimate of drug-likeness (QED) is 0.267. The zero-order chi connectivity index (χ0) is 22.2. The summed E-state index contributed by atoms with van der Waals surface area (Å²) in [5.41, 5.74) is 2.02. The van der Waals surface area contributed by atoms with Crippen molar-refractivity contribution in [2.45, 2.75) is 19.2 Å². The Kier molecular flexibility index (Phi) is 8.95. The van der Waals surface area contributed by atoms with Gasteiger partial charge in [0.2, 0.25) is 0 Å². The molecule has 3 rings (SSSR count). The number of hydrogen-bond acceptors (Lipinski definition) is 5. The van der Waals surface area contributed by atoms with E-state index in [9.17, 15) is 9.59 Å². The van der Waals surface area contributed by atoms with E-state index in [4.69, 9.17) is 16.3 Å². The summed E-state index contributed by atoms with van der Waals surface area (Å²) in [4.78, 5) is 29.7. The van der Waals surface area contributed by atoms with Gasteiger partial charge in [-0.3, -0.25) is 4.79 Å². The number of thioether (sulfide) groups is 1. The predicted octanol–water partition coefficient (Wildman–Crippen LogP) is 5.82. The van der Waals surface area contributed by atoms with Gasteiger partial charge in [-0.1, -0.05) is 39.7 Å². The van der Waals surface area contributed by atoms with Crippen molar-refractivity contribution < 1.29 is 14.3 Å². The summed E-state index contributed by atoms with van der Waals surface area (Å²) < 4.78 is 7.81. The van der Waals surface area contributed by atoms with Crippen molar-refractivity contribution in [2.75, 3.05) is 12.4 Å². The largest absolute Gasteiger partial charge is 0.461 e. The highest BCUT2D eigenvalue weighted by molar-refractivity contribution is 9.10. The van der Waals surface area contributed by atoms with Gasteiger partial charge in [0, 0.05) is 38.5 Å². The van der Waals surface area contributed by atoms with Crippen LogP contribution >= 0.6 is 50.6 Å². The Hall–Kier alpha value is -1.87. The van der Waals surface area contributed by atoms with Crippen molar-refractivity contribution >= 4 is 62.5 Å². The van der Waals surface area contributed by atoms with E-state index in [0.717, 1.165) is 21.5 Å². The fourth-order valence-electron chi connectivity index (χ4n) is 2.72. The van der Waals surface area contributed by atoms with Gasteiger partial charge in [-0.15, -0.1) is 11.3 Å². The number of benzene rings is 2. The summed E-state index contributed by atoms with van der Waals surface area (Å²) in [5, 5.41) is 2.40. The molecule has 2 aromatic carbocycles. The topological polar surface area (TPSA) is 60.7 Å². The fourth-order valence-corrected chi connectivity index (χ4v) is 4.96. The number of rotatable bonds is 8. The van der Waals surface area contributed by atoms with Crippen LogP contribution in [0.2, 0.25) is 5.02 Å². The lowest BCUT2D eigenvalue weighted by Gasteiger charge is -2.08. The molecule has 0 saturated heterocycles. The summed E-state index contributed by atoms with van der Waals surface area (Å²) in [6, 6.07) is 14.7. The Morgan fingerprint density at radius 2 is 2.00 bits per heavy atom. The minimum absolute atomic E-state index is 0.280. The lowest BCUT2D eigenvalue weighted by Crippen LogP contribution is -2.23. The number of carbonyl (C=O) groups excluding carboxylic acids is 2. The molecule has 1 aromatic heterocycles. The van der Waals surface area contributed by atoms with Crippen molar-refractivity contribution in [2.24, 2.45) is 4.99 Å². The average molecular weight is 540 g/mol. The van der Waals surface area contributed by atoms with E-state index < -0.39 is 5.97 Å². The van der Waals surface area contributed by atoms with E-state index in [1.54, 1.807) is 52.9 Å². The van der Waals surface area contributed by atoms with E-state index in [1.165, 1.54) is 11.3 Å². The van der Waals surface area contributed by atoms with Gasteiger partial charge in [0.1, 0.15) is 5.69 Å². The lowest BCUT2D eigenvalue weighted by molar-refractivity contribution is 0.0513. The molecule has 0 atom stereocenters. The molecule has 0 bridgehead atoms. The number of esters is 1. The number of thiazole rings is 1.